The predicted octanol–water partition coefficient (Wildman–Crippen LogP) is 4.68. The van der Waals surface area contributed by atoms with Gasteiger partial charge in [-0.1, -0.05) is 42.0 Å². The minimum Gasteiger partial charge on any atom is -0.367 e. The van der Waals surface area contributed by atoms with E-state index >= 15 is 0 Å². The zero-order valence-corrected chi connectivity index (χ0v) is 14.1. The summed E-state index contributed by atoms with van der Waals surface area (Å²) in [6.45, 7) is 3.22. The number of hydrogen-bond donors (Lipinski definition) is 0. The van der Waals surface area contributed by atoms with Crippen LogP contribution in [0.5, 0.6) is 0 Å². The fraction of sp³-hybridized carbons (Fsp3) is 0.368. The first kappa shape index (κ1) is 18.5. The first-order valence-corrected chi connectivity index (χ1v) is 7.77. The summed E-state index contributed by atoms with van der Waals surface area (Å²) in [6.07, 6.45) is -4.71. The van der Waals surface area contributed by atoms with Crippen LogP contribution < -0.4 is 0 Å². The third kappa shape index (κ3) is 5.08. The predicted molar refractivity (Wildman–Crippen MR) is 89.0 cm³/mol. The average Bonchev–Trinajstić information content (AvgIpc) is 2.52. The van der Waals surface area contributed by atoms with E-state index in [1.54, 1.807) is 0 Å². The average molecular weight is 337 g/mol. The molecule has 0 fully saturated rings. The van der Waals surface area contributed by atoms with Crippen LogP contribution >= 0.6 is 0 Å². The third-order valence-electron chi connectivity index (χ3n) is 3.74. The summed E-state index contributed by atoms with van der Waals surface area (Å²) in [4.78, 5) is 2.00. The monoisotopic (exact) mass is 337 g/mol. The lowest BCUT2D eigenvalue weighted by Gasteiger charge is -2.21. The molecular weight excluding hydrogens is 315 g/mol. The Kier molecular flexibility index (Phi) is 6.02. The van der Waals surface area contributed by atoms with Crippen molar-refractivity contribution in [1.82, 2.24) is 4.90 Å². The highest BCUT2D eigenvalue weighted by atomic mass is 19.4. The van der Waals surface area contributed by atoms with Crippen LogP contribution in [0.15, 0.2) is 48.5 Å². The van der Waals surface area contributed by atoms with Crippen molar-refractivity contribution in [2.24, 2.45) is 0 Å². The van der Waals surface area contributed by atoms with Gasteiger partial charge < -0.3 is 9.64 Å². The summed E-state index contributed by atoms with van der Waals surface area (Å²) in [5.74, 6) is 0. The largest absolute Gasteiger partial charge is 0.416 e. The maximum absolute atomic E-state index is 12.7. The van der Waals surface area contributed by atoms with Gasteiger partial charge in [0.15, 0.2) is 0 Å². The number of ether oxygens (including phenoxy) is 1. The molecule has 0 aromatic heterocycles. The summed E-state index contributed by atoms with van der Waals surface area (Å²) in [5, 5.41) is 0. The first-order valence-electron chi connectivity index (χ1n) is 7.77. The van der Waals surface area contributed by atoms with Crippen molar-refractivity contribution in [2.45, 2.75) is 19.2 Å². The Bertz CT molecular complexity index is 633. The minimum atomic E-state index is -4.33. The van der Waals surface area contributed by atoms with Crippen molar-refractivity contribution in [3.63, 3.8) is 0 Å². The standard InChI is InChI=1S/C19H22F3NO/c1-14-4-6-15(7-5-14)18(24-13-12-23(2)3)16-8-10-17(11-9-16)19(20,21)22/h4-11,18H,12-13H2,1-3H3. The quantitative estimate of drug-likeness (QED) is 0.759. The van der Waals surface area contributed by atoms with Crippen LogP contribution in [0.1, 0.15) is 28.4 Å². The van der Waals surface area contributed by atoms with Gasteiger partial charge >= 0.3 is 6.18 Å². The molecule has 0 saturated carbocycles. The normalized spacial score (nSPS) is 13.3. The lowest BCUT2D eigenvalue weighted by Crippen LogP contribution is -2.20. The highest BCUT2D eigenvalue weighted by molar-refractivity contribution is 5.34. The number of rotatable bonds is 6. The molecule has 130 valence electrons. The summed E-state index contributed by atoms with van der Waals surface area (Å²) < 4.78 is 44.2. The molecule has 0 spiro atoms. The van der Waals surface area contributed by atoms with Crippen LogP contribution in [-0.4, -0.2) is 32.1 Å². The van der Waals surface area contributed by atoms with E-state index in [9.17, 15) is 13.2 Å². The van der Waals surface area contributed by atoms with Crippen molar-refractivity contribution in [2.75, 3.05) is 27.2 Å². The van der Waals surface area contributed by atoms with Crippen LogP contribution in [0, 0.1) is 6.92 Å². The molecule has 24 heavy (non-hydrogen) atoms. The van der Waals surface area contributed by atoms with Crippen molar-refractivity contribution >= 4 is 0 Å². The van der Waals surface area contributed by atoms with Crippen LogP contribution in [0.25, 0.3) is 0 Å². The smallest absolute Gasteiger partial charge is 0.367 e. The zero-order chi connectivity index (χ0) is 17.7. The van der Waals surface area contributed by atoms with Crippen LogP contribution in [0.2, 0.25) is 0 Å². The van der Waals surface area contributed by atoms with E-state index in [0.717, 1.165) is 29.8 Å². The minimum absolute atomic E-state index is 0.382. The van der Waals surface area contributed by atoms with Gasteiger partial charge in [-0.05, 0) is 44.3 Å². The van der Waals surface area contributed by atoms with Crippen molar-refractivity contribution in [3.8, 4) is 0 Å². The van der Waals surface area contributed by atoms with Crippen LogP contribution in [0.4, 0.5) is 13.2 Å². The summed E-state index contributed by atoms with van der Waals surface area (Å²) >= 11 is 0. The van der Waals surface area contributed by atoms with E-state index < -0.39 is 11.7 Å². The molecule has 0 radical (unpaired) electrons. The first-order chi connectivity index (χ1) is 11.3. The van der Waals surface area contributed by atoms with Crippen LogP contribution in [0.3, 0.4) is 0 Å². The van der Waals surface area contributed by atoms with Gasteiger partial charge in [-0.25, -0.2) is 0 Å². The van der Waals surface area contributed by atoms with Crippen LogP contribution in [-0.2, 0) is 10.9 Å². The van der Waals surface area contributed by atoms with E-state index in [2.05, 4.69) is 0 Å². The Hall–Kier alpha value is -1.85. The lowest BCUT2D eigenvalue weighted by atomic mass is 9.99. The molecule has 5 heteroatoms. The van der Waals surface area contributed by atoms with Gasteiger partial charge in [0, 0.05) is 6.54 Å². The van der Waals surface area contributed by atoms with E-state index in [-0.39, 0.29) is 6.10 Å². The Balaban J connectivity index is 2.25. The number of benzene rings is 2. The molecule has 2 rings (SSSR count). The second-order valence-electron chi connectivity index (χ2n) is 6.08. The number of hydrogen-bond acceptors (Lipinski definition) is 2. The molecule has 0 aliphatic rings. The van der Waals surface area contributed by atoms with E-state index in [1.807, 2.05) is 50.2 Å². The summed E-state index contributed by atoms with van der Waals surface area (Å²) in [7, 11) is 3.89. The van der Waals surface area contributed by atoms with Gasteiger partial charge in [0.05, 0.1) is 12.2 Å². The Morgan fingerprint density at radius 1 is 0.917 bits per heavy atom. The maximum atomic E-state index is 12.7. The van der Waals surface area contributed by atoms with Crippen molar-refractivity contribution in [1.29, 1.82) is 0 Å². The molecular formula is C19H22F3NO. The Morgan fingerprint density at radius 2 is 1.42 bits per heavy atom. The zero-order valence-electron chi connectivity index (χ0n) is 14.1. The number of alkyl halides is 3. The van der Waals surface area contributed by atoms with Gasteiger partial charge in [-0.3, -0.25) is 0 Å². The van der Waals surface area contributed by atoms with Gasteiger partial charge in [-0.2, -0.15) is 13.2 Å². The van der Waals surface area contributed by atoms with Gasteiger partial charge in [0.1, 0.15) is 6.10 Å². The molecule has 1 atom stereocenters. The Labute approximate surface area is 140 Å². The third-order valence-corrected chi connectivity index (χ3v) is 3.74. The molecule has 0 saturated heterocycles. The molecule has 1 unspecified atom stereocenters. The van der Waals surface area contributed by atoms with Gasteiger partial charge in [0.2, 0.25) is 0 Å². The number of nitrogens with zero attached hydrogens (tertiary/aromatic N) is 1. The number of likely N-dealkylation sites (N-methyl/N-ethyl adjacent to an activating group) is 1. The topological polar surface area (TPSA) is 12.5 Å². The van der Waals surface area contributed by atoms with Crippen molar-refractivity contribution < 1.29 is 17.9 Å². The summed E-state index contributed by atoms with van der Waals surface area (Å²) in [6, 6.07) is 13.0. The highest BCUT2D eigenvalue weighted by Crippen LogP contribution is 2.32. The molecule has 0 bridgehead atoms. The van der Waals surface area contributed by atoms with E-state index in [1.165, 1.54) is 12.1 Å². The maximum Gasteiger partial charge on any atom is 0.416 e. The SMILES string of the molecule is Cc1ccc(C(OCCN(C)C)c2ccc(C(F)(F)F)cc2)cc1. The highest BCUT2D eigenvalue weighted by Gasteiger charge is 2.30. The molecule has 2 aromatic rings. The molecule has 0 aliphatic heterocycles. The molecule has 0 amide bonds. The molecule has 2 aromatic carbocycles. The molecule has 2 nitrogen and oxygen atoms in total. The Morgan fingerprint density at radius 3 is 1.88 bits per heavy atom. The lowest BCUT2D eigenvalue weighted by molar-refractivity contribution is -0.137. The summed E-state index contributed by atoms with van der Waals surface area (Å²) in [5.41, 5.74) is 2.12. The number of halogens is 3. The fourth-order valence-electron chi connectivity index (χ4n) is 2.33. The molecule has 0 heterocycles. The van der Waals surface area contributed by atoms with Gasteiger partial charge in [0.25, 0.3) is 0 Å². The number of aryl methyl sites for hydroxylation is 1. The second kappa shape index (κ2) is 7.81. The molecule has 0 aliphatic carbocycles. The van der Waals surface area contributed by atoms with E-state index in [4.69, 9.17) is 4.74 Å². The second-order valence-corrected chi connectivity index (χ2v) is 6.08. The van der Waals surface area contributed by atoms with E-state index in [0.29, 0.717) is 12.2 Å². The molecule has 0 N–H and O–H groups in total. The van der Waals surface area contributed by atoms with Gasteiger partial charge in [-0.15, -0.1) is 0 Å². The fourth-order valence-corrected chi connectivity index (χ4v) is 2.33. The van der Waals surface area contributed by atoms with Crippen molar-refractivity contribution in [3.05, 3.63) is 70.8 Å².